The first kappa shape index (κ1) is 22.3. The van der Waals surface area contributed by atoms with Crippen LogP contribution >= 0.6 is 0 Å². The molecule has 3 saturated carbocycles. The first-order chi connectivity index (χ1) is 12.5. The summed E-state index contributed by atoms with van der Waals surface area (Å²) in [5.74, 6) is 6.12. The molecule has 0 aromatic carbocycles. The smallest absolute Gasteiger partial charge is 0.0383 e. The molecule has 0 aliphatic heterocycles. The number of hydrogen-bond donors (Lipinski definition) is 0. The SMILES string of the molecule is CC1CCCCC(C2CCC(C)CCC(C)C2)CC1.CC1CCCCC1. The Morgan fingerprint density at radius 3 is 1.42 bits per heavy atom. The Labute approximate surface area is 166 Å². The topological polar surface area (TPSA) is 0 Å². The molecule has 0 aromatic heterocycles. The van der Waals surface area contributed by atoms with Crippen LogP contribution in [0.25, 0.3) is 0 Å². The van der Waals surface area contributed by atoms with Crippen molar-refractivity contribution in [3.63, 3.8) is 0 Å². The van der Waals surface area contributed by atoms with Gasteiger partial charge in [0.2, 0.25) is 0 Å². The van der Waals surface area contributed by atoms with Gasteiger partial charge in [-0.25, -0.2) is 0 Å². The molecule has 3 aliphatic carbocycles. The van der Waals surface area contributed by atoms with Crippen molar-refractivity contribution in [1.82, 2.24) is 0 Å². The average Bonchev–Trinajstić information content (AvgIpc) is 2.61. The van der Waals surface area contributed by atoms with Crippen molar-refractivity contribution in [2.24, 2.45) is 35.5 Å². The second-order valence-corrected chi connectivity index (χ2v) is 10.8. The first-order valence-corrected chi connectivity index (χ1v) is 12.5. The molecular formula is C26H50. The van der Waals surface area contributed by atoms with Crippen LogP contribution in [0.4, 0.5) is 0 Å². The molecule has 0 nitrogen and oxygen atoms in total. The molecule has 0 N–H and O–H groups in total. The Morgan fingerprint density at radius 1 is 0.346 bits per heavy atom. The van der Waals surface area contributed by atoms with Gasteiger partial charge < -0.3 is 0 Å². The summed E-state index contributed by atoms with van der Waals surface area (Å²) in [6, 6.07) is 0. The predicted molar refractivity (Wildman–Crippen MR) is 118 cm³/mol. The van der Waals surface area contributed by atoms with E-state index in [1.54, 1.807) is 6.42 Å². The maximum absolute atomic E-state index is 2.51. The van der Waals surface area contributed by atoms with Crippen molar-refractivity contribution in [2.75, 3.05) is 0 Å². The average molecular weight is 363 g/mol. The van der Waals surface area contributed by atoms with Crippen molar-refractivity contribution in [3.8, 4) is 0 Å². The summed E-state index contributed by atoms with van der Waals surface area (Å²) in [6.07, 6.45) is 24.1. The zero-order valence-electron chi connectivity index (χ0n) is 18.8. The maximum Gasteiger partial charge on any atom is -0.0383 e. The van der Waals surface area contributed by atoms with Crippen LogP contribution in [0.1, 0.15) is 130 Å². The van der Waals surface area contributed by atoms with E-state index in [4.69, 9.17) is 0 Å². The molecular weight excluding hydrogens is 312 g/mol. The summed E-state index contributed by atoms with van der Waals surface area (Å²) in [5, 5.41) is 0. The lowest BCUT2D eigenvalue weighted by molar-refractivity contribution is 0.172. The van der Waals surface area contributed by atoms with Crippen molar-refractivity contribution in [2.45, 2.75) is 130 Å². The highest BCUT2D eigenvalue weighted by Gasteiger charge is 2.27. The Hall–Kier alpha value is 0. The van der Waals surface area contributed by atoms with E-state index in [1.165, 1.54) is 96.3 Å². The summed E-state index contributed by atoms with van der Waals surface area (Å²) in [6.45, 7) is 9.83. The molecule has 0 spiro atoms. The molecule has 0 amide bonds. The van der Waals surface area contributed by atoms with Gasteiger partial charge in [0.1, 0.15) is 0 Å². The Balaban J connectivity index is 0.000000290. The van der Waals surface area contributed by atoms with Crippen LogP contribution in [0, 0.1) is 35.5 Å². The summed E-state index contributed by atoms with van der Waals surface area (Å²) in [7, 11) is 0. The van der Waals surface area contributed by atoms with Gasteiger partial charge in [-0.05, 0) is 54.8 Å². The second-order valence-electron chi connectivity index (χ2n) is 10.8. The fraction of sp³-hybridized carbons (Fsp3) is 1.00. The molecule has 3 rings (SSSR count). The van der Waals surface area contributed by atoms with Crippen molar-refractivity contribution < 1.29 is 0 Å². The Kier molecular flexibility index (Phi) is 10.7. The molecule has 154 valence electrons. The quantitative estimate of drug-likeness (QED) is 0.436. The summed E-state index contributed by atoms with van der Waals surface area (Å²) in [4.78, 5) is 0. The molecule has 5 unspecified atom stereocenters. The maximum atomic E-state index is 2.51. The van der Waals surface area contributed by atoms with E-state index in [0.717, 1.165) is 35.5 Å². The van der Waals surface area contributed by atoms with E-state index in [9.17, 15) is 0 Å². The van der Waals surface area contributed by atoms with E-state index in [1.807, 2.05) is 0 Å². The largest absolute Gasteiger partial charge is 0.0625 e. The van der Waals surface area contributed by atoms with Gasteiger partial charge in [-0.1, -0.05) is 111 Å². The van der Waals surface area contributed by atoms with Crippen LogP contribution in [0.2, 0.25) is 0 Å². The Bertz CT molecular complexity index is 340. The van der Waals surface area contributed by atoms with Crippen LogP contribution in [0.3, 0.4) is 0 Å². The van der Waals surface area contributed by atoms with Crippen LogP contribution in [-0.2, 0) is 0 Å². The fourth-order valence-electron chi connectivity index (χ4n) is 5.86. The number of rotatable bonds is 1. The third-order valence-electron chi connectivity index (χ3n) is 8.00. The highest BCUT2D eigenvalue weighted by molar-refractivity contribution is 4.78. The molecule has 0 bridgehead atoms. The third kappa shape index (κ3) is 8.79. The highest BCUT2D eigenvalue weighted by atomic mass is 14.3. The predicted octanol–water partition coefficient (Wildman–Crippen LogP) is 9.03. The molecule has 0 saturated heterocycles. The minimum atomic E-state index is 0.982. The minimum Gasteiger partial charge on any atom is -0.0625 e. The zero-order chi connectivity index (χ0) is 18.8. The zero-order valence-corrected chi connectivity index (χ0v) is 18.8. The van der Waals surface area contributed by atoms with Gasteiger partial charge >= 0.3 is 0 Å². The van der Waals surface area contributed by atoms with Gasteiger partial charge in [0.05, 0.1) is 0 Å². The lowest BCUT2D eigenvalue weighted by Gasteiger charge is -2.34. The molecule has 0 heterocycles. The van der Waals surface area contributed by atoms with Crippen LogP contribution in [0.15, 0.2) is 0 Å². The van der Waals surface area contributed by atoms with Gasteiger partial charge in [-0.3, -0.25) is 0 Å². The standard InChI is InChI=1S/C19H36.C7H14/c1-15-6-4-5-7-18(12-10-15)19-13-11-16(2)8-9-17(3)14-19;1-7-5-3-2-4-6-7/h15-19H,4-14H2,1-3H3;7H,2-6H2,1H3. The van der Waals surface area contributed by atoms with Gasteiger partial charge in [0.15, 0.2) is 0 Å². The van der Waals surface area contributed by atoms with Gasteiger partial charge in [0.25, 0.3) is 0 Å². The van der Waals surface area contributed by atoms with E-state index >= 15 is 0 Å². The lowest BCUT2D eigenvalue weighted by Crippen LogP contribution is -2.22. The van der Waals surface area contributed by atoms with E-state index < -0.39 is 0 Å². The fourth-order valence-corrected chi connectivity index (χ4v) is 5.86. The molecule has 3 aliphatic rings. The minimum absolute atomic E-state index is 0.982. The molecule has 26 heavy (non-hydrogen) atoms. The van der Waals surface area contributed by atoms with Crippen LogP contribution in [-0.4, -0.2) is 0 Å². The van der Waals surface area contributed by atoms with Crippen molar-refractivity contribution in [1.29, 1.82) is 0 Å². The van der Waals surface area contributed by atoms with Crippen LogP contribution < -0.4 is 0 Å². The summed E-state index contributed by atoms with van der Waals surface area (Å²) in [5.41, 5.74) is 0. The summed E-state index contributed by atoms with van der Waals surface area (Å²) >= 11 is 0. The molecule has 0 radical (unpaired) electrons. The van der Waals surface area contributed by atoms with Gasteiger partial charge in [0, 0.05) is 0 Å². The Morgan fingerprint density at radius 2 is 0.769 bits per heavy atom. The lowest BCUT2D eigenvalue weighted by atomic mass is 9.71. The molecule has 0 aromatic rings. The van der Waals surface area contributed by atoms with E-state index in [-0.39, 0.29) is 0 Å². The number of hydrogen-bond acceptors (Lipinski definition) is 0. The summed E-state index contributed by atoms with van der Waals surface area (Å²) < 4.78 is 0. The molecule has 3 fully saturated rings. The molecule has 0 heteroatoms. The van der Waals surface area contributed by atoms with Crippen molar-refractivity contribution >= 4 is 0 Å². The third-order valence-corrected chi connectivity index (χ3v) is 8.00. The highest BCUT2D eigenvalue weighted by Crippen LogP contribution is 2.39. The first-order valence-electron chi connectivity index (χ1n) is 12.5. The monoisotopic (exact) mass is 362 g/mol. The van der Waals surface area contributed by atoms with E-state index in [2.05, 4.69) is 27.7 Å². The normalized spacial score (nSPS) is 38.1. The van der Waals surface area contributed by atoms with E-state index in [0.29, 0.717) is 0 Å². The molecule has 5 atom stereocenters. The van der Waals surface area contributed by atoms with Gasteiger partial charge in [-0.15, -0.1) is 0 Å². The second kappa shape index (κ2) is 12.5. The van der Waals surface area contributed by atoms with Crippen molar-refractivity contribution in [3.05, 3.63) is 0 Å². The van der Waals surface area contributed by atoms with Crippen LogP contribution in [0.5, 0.6) is 0 Å². The van der Waals surface area contributed by atoms with Gasteiger partial charge in [-0.2, -0.15) is 0 Å².